The standard InChI is InChI=1S/C19H18N2O2/c1-12-14-7-3-4-8-16(14)20-13(2)15(12)11-19(23)21-17-9-5-6-10-18(17)22/h3-10,22H,11H2,1-2H3,(H,21,23). The highest BCUT2D eigenvalue weighted by Gasteiger charge is 2.14. The van der Waals surface area contributed by atoms with E-state index in [1.807, 2.05) is 38.1 Å². The van der Waals surface area contributed by atoms with Crippen LogP contribution in [0.4, 0.5) is 5.69 Å². The number of rotatable bonds is 3. The summed E-state index contributed by atoms with van der Waals surface area (Å²) >= 11 is 0. The number of nitrogens with one attached hydrogen (secondary N) is 1. The third kappa shape index (κ3) is 3.01. The minimum absolute atomic E-state index is 0.0610. The molecular formula is C19H18N2O2. The van der Waals surface area contributed by atoms with Gasteiger partial charge in [0.1, 0.15) is 5.75 Å². The molecule has 0 saturated carbocycles. The number of phenolic OH excluding ortho intramolecular Hbond substituents is 1. The third-order valence-electron chi connectivity index (χ3n) is 4.00. The molecule has 0 atom stereocenters. The molecule has 0 saturated heterocycles. The van der Waals surface area contributed by atoms with Crippen LogP contribution in [0.15, 0.2) is 48.5 Å². The highest BCUT2D eigenvalue weighted by molar-refractivity contribution is 5.95. The molecule has 2 aromatic carbocycles. The molecule has 2 N–H and O–H groups in total. The van der Waals surface area contributed by atoms with Gasteiger partial charge in [0, 0.05) is 11.1 Å². The van der Waals surface area contributed by atoms with E-state index >= 15 is 0 Å². The van der Waals surface area contributed by atoms with Crippen molar-refractivity contribution in [3.05, 3.63) is 65.4 Å². The topological polar surface area (TPSA) is 62.2 Å². The summed E-state index contributed by atoms with van der Waals surface area (Å²) in [6.45, 7) is 3.93. The molecule has 1 amide bonds. The fourth-order valence-corrected chi connectivity index (χ4v) is 2.77. The molecule has 1 heterocycles. The van der Waals surface area contributed by atoms with E-state index in [1.165, 1.54) is 0 Å². The Morgan fingerprint density at radius 2 is 1.78 bits per heavy atom. The van der Waals surface area contributed by atoms with Gasteiger partial charge in [-0.05, 0) is 43.2 Å². The van der Waals surface area contributed by atoms with Crippen LogP contribution in [0.3, 0.4) is 0 Å². The smallest absolute Gasteiger partial charge is 0.228 e. The summed E-state index contributed by atoms with van der Waals surface area (Å²) in [6.07, 6.45) is 0.226. The van der Waals surface area contributed by atoms with Gasteiger partial charge in [0.15, 0.2) is 0 Å². The molecule has 1 aromatic heterocycles. The van der Waals surface area contributed by atoms with Crippen molar-refractivity contribution in [1.29, 1.82) is 0 Å². The molecule has 4 nitrogen and oxygen atoms in total. The summed E-state index contributed by atoms with van der Waals surface area (Å²) in [5.74, 6) is -0.110. The van der Waals surface area contributed by atoms with Crippen molar-refractivity contribution < 1.29 is 9.90 Å². The van der Waals surface area contributed by atoms with Crippen LogP contribution in [0.25, 0.3) is 10.9 Å². The number of nitrogens with zero attached hydrogens (tertiary/aromatic N) is 1. The Kier molecular flexibility index (Phi) is 3.98. The van der Waals surface area contributed by atoms with Crippen LogP contribution in [-0.4, -0.2) is 16.0 Å². The molecule has 23 heavy (non-hydrogen) atoms. The first kappa shape index (κ1) is 15.0. The zero-order valence-corrected chi connectivity index (χ0v) is 13.1. The van der Waals surface area contributed by atoms with E-state index in [1.54, 1.807) is 24.3 Å². The molecule has 0 spiro atoms. The van der Waals surface area contributed by atoms with Gasteiger partial charge in [-0.2, -0.15) is 0 Å². The van der Waals surface area contributed by atoms with Gasteiger partial charge in [0.05, 0.1) is 17.6 Å². The number of aryl methyl sites for hydroxylation is 2. The SMILES string of the molecule is Cc1nc2ccccc2c(C)c1CC(=O)Nc1ccccc1O. The highest BCUT2D eigenvalue weighted by atomic mass is 16.3. The van der Waals surface area contributed by atoms with E-state index in [2.05, 4.69) is 10.3 Å². The fourth-order valence-electron chi connectivity index (χ4n) is 2.77. The van der Waals surface area contributed by atoms with Crippen molar-refractivity contribution in [1.82, 2.24) is 4.98 Å². The van der Waals surface area contributed by atoms with Gasteiger partial charge >= 0.3 is 0 Å². The van der Waals surface area contributed by atoms with Crippen molar-refractivity contribution in [2.24, 2.45) is 0 Å². The molecule has 0 fully saturated rings. The number of para-hydroxylation sites is 3. The highest BCUT2D eigenvalue weighted by Crippen LogP contribution is 2.25. The number of benzene rings is 2. The maximum atomic E-state index is 12.3. The molecule has 0 aliphatic rings. The number of hydrogen-bond donors (Lipinski definition) is 2. The van der Waals surface area contributed by atoms with E-state index in [0.717, 1.165) is 27.7 Å². The first-order valence-electron chi connectivity index (χ1n) is 7.49. The van der Waals surface area contributed by atoms with Crippen molar-refractivity contribution in [3.63, 3.8) is 0 Å². The molecular weight excluding hydrogens is 288 g/mol. The van der Waals surface area contributed by atoms with E-state index in [4.69, 9.17) is 0 Å². The predicted octanol–water partition coefficient (Wildman–Crippen LogP) is 3.74. The normalized spacial score (nSPS) is 10.7. The van der Waals surface area contributed by atoms with Crippen LogP contribution in [0.2, 0.25) is 0 Å². The van der Waals surface area contributed by atoms with Crippen LogP contribution in [0.1, 0.15) is 16.8 Å². The van der Waals surface area contributed by atoms with Gasteiger partial charge in [0.2, 0.25) is 5.91 Å². The number of aromatic hydroxyl groups is 1. The van der Waals surface area contributed by atoms with Gasteiger partial charge in [0.25, 0.3) is 0 Å². The summed E-state index contributed by atoms with van der Waals surface area (Å²) in [4.78, 5) is 16.9. The Labute approximate surface area is 134 Å². The monoisotopic (exact) mass is 306 g/mol. The van der Waals surface area contributed by atoms with Gasteiger partial charge in [-0.3, -0.25) is 9.78 Å². The van der Waals surface area contributed by atoms with E-state index < -0.39 is 0 Å². The number of aromatic nitrogens is 1. The average Bonchev–Trinajstić information content (AvgIpc) is 2.54. The molecule has 0 radical (unpaired) electrons. The lowest BCUT2D eigenvalue weighted by molar-refractivity contribution is -0.115. The van der Waals surface area contributed by atoms with Crippen molar-refractivity contribution in [2.45, 2.75) is 20.3 Å². The number of fused-ring (bicyclic) bond motifs is 1. The minimum Gasteiger partial charge on any atom is -0.506 e. The molecule has 0 aliphatic carbocycles. The summed E-state index contributed by atoms with van der Waals surface area (Å²) in [5, 5.41) is 13.6. The zero-order chi connectivity index (χ0) is 16.4. The van der Waals surface area contributed by atoms with Crippen LogP contribution >= 0.6 is 0 Å². The average molecular weight is 306 g/mol. The molecule has 0 bridgehead atoms. The van der Waals surface area contributed by atoms with Gasteiger partial charge in [-0.25, -0.2) is 0 Å². The molecule has 0 aliphatic heterocycles. The number of pyridine rings is 1. The summed E-state index contributed by atoms with van der Waals surface area (Å²) in [5.41, 5.74) is 4.21. The molecule has 116 valence electrons. The van der Waals surface area contributed by atoms with Crippen LogP contribution in [-0.2, 0) is 11.2 Å². The number of amides is 1. The Bertz CT molecular complexity index is 888. The van der Waals surface area contributed by atoms with Crippen LogP contribution in [0, 0.1) is 13.8 Å². The van der Waals surface area contributed by atoms with E-state index in [-0.39, 0.29) is 18.1 Å². The molecule has 0 unspecified atom stereocenters. The lowest BCUT2D eigenvalue weighted by Gasteiger charge is -2.13. The molecule has 3 rings (SSSR count). The quantitative estimate of drug-likeness (QED) is 0.725. The second kappa shape index (κ2) is 6.08. The van der Waals surface area contributed by atoms with E-state index in [0.29, 0.717) is 5.69 Å². The second-order valence-corrected chi connectivity index (χ2v) is 5.56. The predicted molar refractivity (Wildman–Crippen MR) is 91.7 cm³/mol. The Hall–Kier alpha value is -2.88. The van der Waals surface area contributed by atoms with Gasteiger partial charge in [-0.1, -0.05) is 30.3 Å². The van der Waals surface area contributed by atoms with E-state index in [9.17, 15) is 9.90 Å². The Morgan fingerprint density at radius 3 is 2.57 bits per heavy atom. The number of anilines is 1. The maximum absolute atomic E-state index is 12.3. The number of hydrogen-bond acceptors (Lipinski definition) is 3. The third-order valence-corrected chi connectivity index (χ3v) is 4.00. The number of phenols is 1. The lowest BCUT2D eigenvalue weighted by atomic mass is 9.99. The number of carbonyl (C=O) groups excluding carboxylic acids is 1. The van der Waals surface area contributed by atoms with Crippen molar-refractivity contribution >= 4 is 22.5 Å². The Morgan fingerprint density at radius 1 is 1.09 bits per heavy atom. The lowest BCUT2D eigenvalue weighted by Crippen LogP contribution is -2.16. The minimum atomic E-state index is -0.171. The molecule has 3 aromatic rings. The fraction of sp³-hybridized carbons (Fsp3) is 0.158. The summed E-state index contributed by atoms with van der Waals surface area (Å²) < 4.78 is 0. The van der Waals surface area contributed by atoms with Crippen LogP contribution in [0.5, 0.6) is 5.75 Å². The van der Waals surface area contributed by atoms with Gasteiger partial charge < -0.3 is 10.4 Å². The largest absolute Gasteiger partial charge is 0.506 e. The number of carbonyl (C=O) groups is 1. The van der Waals surface area contributed by atoms with Crippen molar-refractivity contribution in [2.75, 3.05) is 5.32 Å². The first-order chi connectivity index (χ1) is 11.1. The van der Waals surface area contributed by atoms with Crippen molar-refractivity contribution in [3.8, 4) is 5.75 Å². The van der Waals surface area contributed by atoms with Gasteiger partial charge in [-0.15, -0.1) is 0 Å². The zero-order valence-electron chi connectivity index (χ0n) is 13.1. The first-order valence-corrected chi connectivity index (χ1v) is 7.49. The maximum Gasteiger partial charge on any atom is 0.228 e. The summed E-state index contributed by atoms with van der Waals surface area (Å²) in [7, 11) is 0. The molecule has 4 heteroatoms. The summed E-state index contributed by atoms with van der Waals surface area (Å²) in [6, 6.07) is 14.6. The van der Waals surface area contributed by atoms with Crippen LogP contribution < -0.4 is 5.32 Å². The second-order valence-electron chi connectivity index (χ2n) is 5.56. The Balaban J connectivity index is 1.89.